The van der Waals surface area contributed by atoms with Gasteiger partial charge >= 0.3 is 6.09 Å². The van der Waals surface area contributed by atoms with Gasteiger partial charge in [-0.05, 0) is 36.1 Å². The number of nitrogens with zero attached hydrogens (tertiary/aromatic N) is 1. The molecular weight excluding hydrogens is 253 g/mol. The Hall–Kier alpha value is -1.88. The highest BCUT2D eigenvalue weighted by Gasteiger charge is 2.18. The smallest absolute Gasteiger partial charge is 0.412 e. The molecule has 0 aliphatic carbocycles. The third-order valence-corrected chi connectivity index (χ3v) is 3.51. The van der Waals surface area contributed by atoms with Crippen molar-refractivity contribution in [3.8, 4) is 0 Å². The van der Waals surface area contributed by atoms with Crippen molar-refractivity contribution in [1.29, 1.82) is 0 Å². The first-order valence-electron chi connectivity index (χ1n) is 5.37. The van der Waals surface area contributed by atoms with Crippen LogP contribution in [-0.2, 0) is 6.54 Å². The second-order valence-electron chi connectivity index (χ2n) is 3.91. The minimum Gasteiger partial charge on any atom is -0.465 e. The van der Waals surface area contributed by atoms with Crippen LogP contribution in [0.3, 0.4) is 0 Å². The van der Waals surface area contributed by atoms with Crippen molar-refractivity contribution in [2.24, 2.45) is 0 Å². The summed E-state index contributed by atoms with van der Waals surface area (Å²) >= 11 is 1.47. The zero-order valence-electron chi connectivity index (χ0n) is 9.76. The highest BCUT2D eigenvalue weighted by Crippen LogP contribution is 2.23. The number of anilines is 1. The number of hydrogen-bond acceptors (Lipinski definition) is 2. The minimum absolute atomic E-state index is 0.0797. The molecule has 5 heteroatoms. The topological polar surface area (TPSA) is 40.5 Å². The third kappa shape index (κ3) is 2.68. The Morgan fingerprint density at radius 1 is 1.44 bits per heavy atom. The van der Waals surface area contributed by atoms with Gasteiger partial charge in [-0.15, -0.1) is 11.3 Å². The Morgan fingerprint density at radius 2 is 2.17 bits per heavy atom. The Labute approximate surface area is 108 Å². The van der Waals surface area contributed by atoms with Crippen LogP contribution >= 0.6 is 11.3 Å². The molecule has 2 aromatic rings. The van der Waals surface area contributed by atoms with Crippen molar-refractivity contribution < 1.29 is 14.3 Å². The summed E-state index contributed by atoms with van der Waals surface area (Å²) in [5.41, 5.74) is 1.16. The lowest BCUT2D eigenvalue weighted by molar-refractivity contribution is 0.201. The normalized spacial score (nSPS) is 10.3. The van der Waals surface area contributed by atoms with E-state index >= 15 is 0 Å². The molecule has 18 heavy (non-hydrogen) atoms. The predicted octanol–water partition coefficient (Wildman–Crippen LogP) is 3.88. The number of aryl methyl sites for hydroxylation is 1. The van der Waals surface area contributed by atoms with Crippen molar-refractivity contribution >= 4 is 23.1 Å². The molecule has 1 N–H and O–H groups in total. The summed E-state index contributed by atoms with van der Waals surface area (Å²) in [6.45, 7) is 2.10. The number of halogens is 1. The number of para-hydroxylation sites is 1. The molecule has 0 spiro atoms. The number of amides is 1. The van der Waals surface area contributed by atoms with Gasteiger partial charge in [0.1, 0.15) is 5.82 Å². The number of carboxylic acid groups (broad SMARTS) is 1. The van der Waals surface area contributed by atoms with Crippen LogP contribution in [0.4, 0.5) is 14.9 Å². The van der Waals surface area contributed by atoms with Crippen LogP contribution in [0.5, 0.6) is 0 Å². The minimum atomic E-state index is -1.16. The predicted molar refractivity (Wildman–Crippen MR) is 69.7 cm³/mol. The molecule has 1 heterocycles. The van der Waals surface area contributed by atoms with Gasteiger partial charge in [0.25, 0.3) is 0 Å². The first-order valence-corrected chi connectivity index (χ1v) is 6.25. The van der Waals surface area contributed by atoms with Crippen molar-refractivity contribution in [3.63, 3.8) is 0 Å². The number of thiophene rings is 1. The molecule has 0 bridgehead atoms. The van der Waals surface area contributed by atoms with Gasteiger partial charge < -0.3 is 5.11 Å². The largest absolute Gasteiger partial charge is 0.465 e. The summed E-state index contributed by atoms with van der Waals surface area (Å²) in [5.74, 6) is -0.534. The SMILES string of the molecule is Cc1csc(CN(C(=O)O)c2ccccc2F)c1. The van der Waals surface area contributed by atoms with E-state index in [-0.39, 0.29) is 12.2 Å². The zero-order chi connectivity index (χ0) is 13.1. The Balaban J connectivity index is 2.30. The molecule has 0 radical (unpaired) electrons. The van der Waals surface area contributed by atoms with Gasteiger partial charge in [-0.1, -0.05) is 12.1 Å². The van der Waals surface area contributed by atoms with Gasteiger partial charge in [-0.2, -0.15) is 0 Å². The maximum atomic E-state index is 13.6. The molecular formula is C13H12FNO2S. The van der Waals surface area contributed by atoms with Crippen molar-refractivity contribution in [1.82, 2.24) is 0 Å². The van der Waals surface area contributed by atoms with E-state index in [2.05, 4.69) is 0 Å². The lowest BCUT2D eigenvalue weighted by Gasteiger charge is -2.18. The number of benzene rings is 1. The molecule has 94 valence electrons. The number of rotatable bonds is 3. The van der Waals surface area contributed by atoms with Crippen LogP contribution in [-0.4, -0.2) is 11.2 Å². The van der Waals surface area contributed by atoms with Gasteiger partial charge in [-0.25, -0.2) is 9.18 Å². The molecule has 0 aliphatic rings. The van der Waals surface area contributed by atoms with Crippen LogP contribution in [0.1, 0.15) is 10.4 Å². The van der Waals surface area contributed by atoms with Crippen molar-refractivity contribution in [3.05, 3.63) is 52.0 Å². The second kappa shape index (κ2) is 5.18. The molecule has 0 fully saturated rings. The van der Waals surface area contributed by atoms with E-state index in [1.165, 1.54) is 29.5 Å². The van der Waals surface area contributed by atoms with E-state index in [0.717, 1.165) is 15.3 Å². The Kier molecular flexibility index (Phi) is 3.62. The van der Waals surface area contributed by atoms with Crippen LogP contribution in [0.2, 0.25) is 0 Å². The summed E-state index contributed by atoms with van der Waals surface area (Å²) in [4.78, 5) is 13.1. The summed E-state index contributed by atoms with van der Waals surface area (Å²) in [5, 5.41) is 11.1. The highest BCUT2D eigenvalue weighted by atomic mass is 32.1. The van der Waals surface area contributed by atoms with Crippen molar-refractivity contribution in [2.75, 3.05) is 4.90 Å². The summed E-state index contributed by atoms with van der Waals surface area (Å²) in [6, 6.07) is 7.78. The molecule has 1 aromatic carbocycles. The van der Waals surface area contributed by atoms with Crippen LogP contribution < -0.4 is 4.90 Å². The summed E-state index contributed by atoms with van der Waals surface area (Å²) in [6.07, 6.45) is -1.16. The third-order valence-electron chi connectivity index (χ3n) is 2.47. The van der Waals surface area contributed by atoms with Gasteiger partial charge in [-0.3, -0.25) is 4.90 Å². The molecule has 0 atom stereocenters. The lowest BCUT2D eigenvalue weighted by atomic mass is 10.2. The molecule has 0 unspecified atom stereocenters. The number of carbonyl (C=O) groups is 1. The fourth-order valence-corrected chi connectivity index (χ4v) is 2.52. The quantitative estimate of drug-likeness (QED) is 0.914. The van der Waals surface area contributed by atoms with E-state index in [9.17, 15) is 14.3 Å². The monoisotopic (exact) mass is 265 g/mol. The zero-order valence-corrected chi connectivity index (χ0v) is 10.6. The maximum Gasteiger partial charge on any atom is 0.412 e. The Morgan fingerprint density at radius 3 is 2.72 bits per heavy atom. The molecule has 3 nitrogen and oxygen atoms in total. The molecule has 0 saturated carbocycles. The molecule has 0 saturated heterocycles. The van der Waals surface area contributed by atoms with Crippen LogP contribution in [0.25, 0.3) is 0 Å². The first-order chi connectivity index (χ1) is 8.58. The average Bonchev–Trinajstić information content (AvgIpc) is 2.73. The fraction of sp³-hybridized carbons (Fsp3) is 0.154. The van der Waals surface area contributed by atoms with E-state index in [0.29, 0.717) is 0 Å². The summed E-state index contributed by atoms with van der Waals surface area (Å²) in [7, 11) is 0. The molecule has 1 aromatic heterocycles. The fourth-order valence-electron chi connectivity index (χ4n) is 1.66. The standard InChI is InChI=1S/C13H12FNO2S/c1-9-6-10(18-8-9)7-15(13(16)17)12-5-3-2-4-11(12)14/h2-6,8H,7H2,1H3,(H,16,17). The molecule has 0 aliphatic heterocycles. The van der Waals surface area contributed by atoms with Gasteiger partial charge in [0.05, 0.1) is 12.2 Å². The highest BCUT2D eigenvalue weighted by molar-refractivity contribution is 7.10. The van der Waals surface area contributed by atoms with Crippen LogP contribution in [0.15, 0.2) is 35.7 Å². The lowest BCUT2D eigenvalue weighted by Crippen LogP contribution is -2.29. The van der Waals surface area contributed by atoms with Crippen LogP contribution in [0, 0.1) is 12.7 Å². The van der Waals surface area contributed by atoms with E-state index in [1.807, 2.05) is 18.4 Å². The molecule has 1 amide bonds. The second-order valence-corrected chi connectivity index (χ2v) is 4.91. The Bertz CT molecular complexity index is 568. The van der Waals surface area contributed by atoms with E-state index in [1.54, 1.807) is 6.07 Å². The van der Waals surface area contributed by atoms with E-state index in [4.69, 9.17) is 0 Å². The van der Waals surface area contributed by atoms with E-state index < -0.39 is 11.9 Å². The van der Waals surface area contributed by atoms with Gasteiger partial charge in [0.2, 0.25) is 0 Å². The number of hydrogen-bond donors (Lipinski definition) is 1. The molecule has 2 rings (SSSR count). The first kappa shape index (κ1) is 12.6. The van der Waals surface area contributed by atoms with Crippen molar-refractivity contribution in [2.45, 2.75) is 13.5 Å². The average molecular weight is 265 g/mol. The van der Waals surface area contributed by atoms with Gasteiger partial charge in [0.15, 0.2) is 0 Å². The summed E-state index contributed by atoms with van der Waals surface area (Å²) < 4.78 is 13.6. The van der Waals surface area contributed by atoms with Gasteiger partial charge in [0, 0.05) is 4.88 Å². The maximum absolute atomic E-state index is 13.6.